The lowest BCUT2D eigenvalue weighted by atomic mass is 10.1. The molecular formula is C24H27N3O3SSi. The van der Waals surface area contributed by atoms with Crippen molar-refractivity contribution in [1.82, 2.24) is 15.0 Å². The lowest BCUT2D eigenvalue weighted by Gasteiger charge is -2.15. The van der Waals surface area contributed by atoms with Crippen molar-refractivity contribution in [3.05, 3.63) is 72.7 Å². The fourth-order valence-corrected chi connectivity index (χ4v) is 5.31. The second kappa shape index (κ2) is 8.97. The Morgan fingerprint density at radius 1 is 1.00 bits per heavy atom. The number of hydrogen-bond acceptors (Lipinski definition) is 5. The third-order valence-electron chi connectivity index (χ3n) is 5.22. The molecule has 0 unspecified atom stereocenters. The highest BCUT2D eigenvalue weighted by Crippen LogP contribution is 2.29. The van der Waals surface area contributed by atoms with Crippen LogP contribution in [0.15, 0.2) is 77.0 Å². The summed E-state index contributed by atoms with van der Waals surface area (Å²) in [6, 6.07) is 17.2. The summed E-state index contributed by atoms with van der Waals surface area (Å²) in [5.74, 6) is 0. The maximum Gasteiger partial charge on any atom is 0.239 e. The van der Waals surface area contributed by atoms with Gasteiger partial charge in [-0.25, -0.2) is 13.4 Å². The molecule has 0 fully saturated rings. The van der Waals surface area contributed by atoms with Crippen LogP contribution in [-0.2, 0) is 21.2 Å². The van der Waals surface area contributed by atoms with Crippen LogP contribution in [0, 0.1) is 0 Å². The molecule has 6 nitrogen and oxygen atoms in total. The maximum absolute atomic E-state index is 13.2. The van der Waals surface area contributed by atoms with Crippen molar-refractivity contribution < 1.29 is 13.2 Å². The molecule has 1 N–H and O–H groups in total. The van der Waals surface area contributed by atoms with E-state index in [4.69, 9.17) is 4.74 Å². The Balaban J connectivity index is 1.72. The standard InChI is InChI=1S/C24H27N3O3SSi/c1-32(2,3)14-13-30-17-22-23(19-9-10-20-16-25-12-11-18(20)15-19)27-24(26-22)31(28,29)21-7-5-4-6-8-21/h4-12,15-16H,13-14,17H2,1-3H3,(H,26,27). The first-order chi connectivity index (χ1) is 15.2. The summed E-state index contributed by atoms with van der Waals surface area (Å²) in [7, 11) is -5.00. The highest BCUT2D eigenvalue weighted by atomic mass is 32.2. The van der Waals surface area contributed by atoms with Crippen molar-refractivity contribution in [2.45, 2.75) is 42.3 Å². The molecule has 0 saturated carbocycles. The molecule has 4 rings (SSSR count). The van der Waals surface area contributed by atoms with Crippen LogP contribution in [0.3, 0.4) is 0 Å². The molecule has 0 aliphatic rings. The van der Waals surface area contributed by atoms with Gasteiger partial charge in [-0.1, -0.05) is 50.0 Å². The number of H-pyrrole nitrogens is 1. The van der Waals surface area contributed by atoms with E-state index in [2.05, 4.69) is 34.6 Å². The summed E-state index contributed by atoms with van der Waals surface area (Å²) in [6.45, 7) is 7.80. The van der Waals surface area contributed by atoms with Gasteiger partial charge in [0.2, 0.25) is 15.0 Å². The number of rotatable bonds is 8. The zero-order chi connectivity index (χ0) is 22.8. The quantitative estimate of drug-likeness (QED) is 0.281. The Labute approximate surface area is 189 Å². The lowest BCUT2D eigenvalue weighted by molar-refractivity contribution is 0.131. The van der Waals surface area contributed by atoms with Crippen molar-refractivity contribution >= 4 is 28.7 Å². The molecule has 2 aromatic carbocycles. The number of ether oxygens (including phenoxy) is 1. The van der Waals surface area contributed by atoms with Gasteiger partial charge in [-0.3, -0.25) is 4.98 Å². The predicted molar refractivity (Wildman–Crippen MR) is 129 cm³/mol. The number of aromatic amines is 1. The molecule has 8 heteroatoms. The minimum Gasteiger partial charge on any atom is -0.375 e. The number of imidazole rings is 1. The van der Waals surface area contributed by atoms with Crippen molar-refractivity contribution in [3.8, 4) is 11.3 Å². The highest BCUT2D eigenvalue weighted by Gasteiger charge is 2.25. The highest BCUT2D eigenvalue weighted by molar-refractivity contribution is 7.91. The smallest absolute Gasteiger partial charge is 0.239 e. The van der Waals surface area contributed by atoms with E-state index in [0.717, 1.165) is 22.4 Å². The van der Waals surface area contributed by atoms with E-state index in [9.17, 15) is 8.42 Å². The molecule has 0 radical (unpaired) electrons. The van der Waals surface area contributed by atoms with Crippen molar-refractivity contribution in [2.75, 3.05) is 6.61 Å². The van der Waals surface area contributed by atoms with E-state index in [1.54, 1.807) is 42.7 Å². The zero-order valence-corrected chi connectivity index (χ0v) is 20.3. The summed E-state index contributed by atoms with van der Waals surface area (Å²) < 4.78 is 32.3. The fourth-order valence-electron chi connectivity index (χ4n) is 3.35. The van der Waals surface area contributed by atoms with Gasteiger partial charge in [0.05, 0.1) is 22.9 Å². The van der Waals surface area contributed by atoms with E-state index in [-0.39, 0.29) is 16.7 Å². The maximum atomic E-state index is 13.2. The van der Waals surface area contributed by atoms with Crippen LogP contribution >= 0.6 is 0 Å². The average molecular weight is 466 g/mol. The summed E-state index contributed by atoms with van der Waals surface area (Å²) in [6.07, 6.45) is 3.54. The first kappa shape index (κ1) is 22.4. The number of hydrogen-bond donors (Lipinski definition) is 1. The number of aromatic nitrogens is 3. The monoisotopic (exact) mass is 465 g/mol. The van der Waals surface area contributed by atoms with E-state index in [0.29, 0.717) is 18.0 Å². The van der Waals surface area contributed by atoms with Crippen LogP contribution in [0.4, 0.5) is 0 Å². The van der Waals surface area contributed by atoms with Gasteiger partial charge >= 0.3 is 0 Å². The van der Waals surface area contributed by atoms with E-state index >= 15 is 0 Å². The SMILES string of the molecule is C[Si](C)(C)CCOCc1[nH]c(S(=O)(=O)c2ccccc2)nc1-c1ccc2cnccc2c1. The second-order valence-corrected chi connectivity index (χ2v) is 16.5. The number of nitrogens with one attached hydrogen (secondary N) is 1. The first-order valence-corrected chi connectivity index (χ1v) is 15.7. The van der Waals surface area contributed by atoms with Gasteiger partial charge < -0.3 is 9.72 Å². The predicted octanol–water partition coefficient (Wildman–Crippen LogP) is 5.31. The first-order valence-electron chi connectivity index (χ1n) is 10.5. The molecule has 2 heterocycles. The average Bonchev–Trinajstić information content (AvgIpc) is 3.21. The van der Waals surface area contributed by atoms with E-state index in [1.165, 1.54) is 0 Å². The van der Waals surface area contributed by atoms with Crippen molar-refractivity contribution in [2.24, 2.45) is 0 Å². The Kier molecular flexibility index (Phi) is 6.28. The molecule has 0 amide bonds. The molecule has 4 aromatic rings. The summed E-state index contributed by atoms with van der Waals surface area (Å²) in [5, 5.41) is 1.95. The minimum atomic E-state index is -3.77. The number of pyridine rings is 1. The second-order valence-electron chi connectivity index (χ2n) is 8.99. The fraction of sp³-hybridized carbons (Fsp3) is 0.250. The van der Waals surface area contributed by atoms with Crippen LogP contribution < -0.4 is 0 Å². The summed E-state index contributed by atoms with van der Waals surface area (Å²) in [5.41, 5.74) is 2.08. The Bertz CT molecular complexity index is 1330. The van der Waals surface area contributed by atoms with Gasteiger partial charge in [-0.15, -0.1) is 0 Å². The van der Waals surface area contributed by atoms with Gasteiger partial charge in [0.25, 0.3) is 0 Å². The molecule has 166 valence electrons. The molecule has 0 aliphatic carbocycles. The lowest BCUT2D eigenvalue weighted by Crippen LogP contribution is -2.21. The van der Waals surface area contributed by atoms with Crippen LogP contribution in [-0.4, -0.2) is 38.1 Å². The molecule has 0 saturated heterocycles. The van der Waals surface area contributed by atoms with Crippen LogP contribution in [0.2, 0.25) is 25.7 Å². The molecule has 0 spiro atoms. The van der Waals surface area contributed by atoms with E-state index < -0.39 is 17.9 Å². The number of sulfone groups is 1. The van der Waals surface area contributed by atoms with Gasteiger partial charge in [0.15, 0.2) is 0 Å². The normalized spacial score (nSPS) is 12.3. The third-order valence-corrected chi connectivity index (χ3v) is 8.52. The number of benzene rings is 2. The Hall–Kier alpha value is -2.81. The van der Waals surface area contributed by atoms with Gasteiger partial charge in [-0.2, -0.15) is 0 Å². The Morgan fingerprint density at radius 3 is 2.53 bits per heavy atom. The zero-order valence-electron chi connectivity index (χ0n) is 18.5. The number of fused-ring (bicyclic) bond motifs is 1. The molecular weight excluding hydrogens is 438 g/mol. The minimum absolute atomic E-state index is 0.0719. The largest absolute Gasteiger partial charge is 0.375 e. The van der Waals surface area contributed by atoms with Gasteiger partial charge in [-0.05, 0) is 35.7 Å². The summed E-state index contributed by atoms with van der Waals surface area (Å²) >= 11 is 0. The molecule has 0 aliphatic heterocycles. The molecule has 0 bridgehead atoms. The molecule has 32 heavy (non-hydrogen) atoms. The van der Waals surface area contributed by atoms with Gasteiger partial charge in [0, 0.05) is 38.0 Å². The molecule has 0 atom stereocenters. The van der Waals surface area contributed by atoms with Crippen LogP contribution in [0.1, 0.15) is 5.69 Å². The number of nitrogens with zero attached hydrogens (tertiary/aromatic N) is 2. The third kappa shape index (κ3) is 4.98. The van der Waals surface area contributed by atoms with Crippen molar-refractivity contribution in [1.29, 1.82) is 0 Å². The molecule has 2 aromatic heterocycles. The topological polar surface area (TPSA) is 84.9 Å². The van der Waals surface area contributed by atoms with E-state index in [1.807, 2.05) is 24.3 Å². The summed E-state index contributed by atoms with van der Waals surface area (Å²) in [4.78, 5) is 11.9. The van der Waals surface area contributed by atoms with Crippen LogP contribution in [0.25, 0.3) is 22.0 Å². The Morgan fingerprint density at radius 2 is 1.78 bits per heavy atom. The van der Waals surface area contributed by atoms with Crippen molar-refractivity contribution in [3.63, 3.8) is 0 Å². The van der Waals surface area contributed by atoms with Gasteiger partial charge in [0.1, 0.15) is 0 Å². The van der Waals surface area contributed by atoms with Crippen LogP contribution in [0.5, 0.6) is 0 Å².